The van der Waals surface area contributed by atoms with Crippen LogP contribution >= 0.6 is 11.6 Å². The lowest BCUT2D eigenvalue weighted by Gasteiger charge is -2.07. The Morgan fingerprint density at radius 2 is 1.85 bits per heavy atom. The molecule has 0 bridgehead atoms. The highest BCUT2D eigenvalue weighted by Crippen LogP contribution is 2.38. The summed E-state index contributed by atoms with van der Waals surface area (Å²) in [5.41, 5.74) is 0.726. The fourth-order valence-corrected chi connectivity index (χ4v) is 3.07. The molecule has 3 aromatic rings. The summed E-state index contributed by atoms with van der Waals surface area (Å²) in [5, 5.41) is 3.02. The number of amides is 1. The zero-order chi connectivity index (χ0) is 19.2. The lowest BCUT2D eigenvalue weighted by Crippen LogP contribution is -2.06. The summed E-state index contributed by atoms with van der Waals surface area (Å²) in [6.45, 7) is 0. The molecule has 1 aromatic heterocycles. The lowest BCUT2D eigenvalue weighted by molar-refractivity contribution is -0.137. The first-order valence-electron chi connectivity index (χ1n) is 7.92. The van der Waals surface area contributed by atoms with Gasteiger partial charge in [0.05, 0.1) is 11.1 Å². The highest BCUT2D eigenvalue weighted by atomic mass is 35.5. The standard InChI is InChI=1S/C20H11ClF3NO2/c21-13-3-1-2-11(8-13)18-7-5-14(27-18)10-16-15-6-4-12(20(22,23)24)9-17(15)25-19(16)26/h1-10H,(H,25,26)/b16-10-. The van der Waals surface area contributed by atoms with Gasteiger partial charge in [-0.05, 0) is 42.5 Å². The van der Waals surface area contributed by atoms with Gasteiger partial charge in [-0.25, -0.2) is 0 Å². The van der Waals surface area contributed by atoms with E-state index in [2.05, 4.69) is 5.32 Å². The number of alkyl halides is 3. The largest absolute Gasteiger partial charge is 0.457 e. The van der Waals surface area contributed by atoms with Crippen molar-refractivity contribution in [1.82, 2.24) is 0 Å². The van der Waals surface area contributed by atoms with Crippen molar-refractivity contribution in [2.75, 3.05) is 5.32 Å². The summed E-state index contributed by atoms with van der Waals surface area (Å²) in [7, 11) is 0. The SMILES string of the molecule is O=C1Nc2cc(C(F)(F)F)ccc2/C1=C/c1ccc(-c2cccc(Cl)c2)o1. The van der Waals surface area contributed by atoms with Gasteiger partial charge < -0.3 is 9.73 Å². The van der Waals surface area contributed by atoms with Crippen LogP contribution in [0.5, 0.6) is 0 Å². The summed E-state index contributed by atoms with van der Waals surface area (Å²) in [6, 6.07) is 13.7. The Balaban J connectivity index is 1.69. The minimum absolute atomic E-state index is 0.127. The number of furan rings is 1. The molecule has 0 radical (unpaired) electrons. The van der Waals surface area contributed by atoms with Crippen molar-refractivity contribution in [1.29, 1.82) is 0 Å². The van der Waals surface area contributed by atoms with E-state index in [-0.39, 0.29) is 11.3 Å². The zero-order valence-electron chi connectivity index (χ0n) is 13.6. The van der Waals surface area contributed by atoms with E-state index in [0.29, 0.717) is 22.1 Å². The van der Waals surface area contributed by atoms with Gasteiger partial charge in [0.2, 0.25) is 0 Å². The Morgan fingerprint density at radius 1 is 1.04 bits per heavy atom. The molecule has 0 unspecified atom stereocenters. The number of fused-ring (bicyclic) bond motifs is 1. The second kappa shape index (κ2) is 6.32. The van der Waals surface area contributed by atoms with Crippen molar-refractivity contribution >= 4 is 34.8 Å². The van der Waals surface area contributed by atoms with Gasteiger partial charge in [0.25, 0.3) is 5.91 Å². The molecule has 3 nitrogen and oxygen atoms in total. The fraction of sp³-hybridized carbons (Fsp3) is 0.0500. The van der Waals surface area contributed by atoms with Crippen molar-refractivity contribution in [3.8, 4) is 11.3 Å². The van der Waals surface area contributed by atoms with Crippen LogP contribution in [0.3, 0.4) is 0 Å². The van der Waals surface area contributed by atoms with Gasteiger partial charge in [0, 0.05) is 21.8 Å². The molecule has 7 heteroatoms. The Labute approximate surface area is 157 Å². The Bertz CT molecular complexity index is 1080. The summed E-state index contributed by atoms with van der Waals surface area (Å²) in [5.74, 6) is 0.489. The molecule has 0 spiro atoms. The number of anilines is 1. The lowest BCUT2D eigenvalue weighted by atomic mass is 10.0. The third-order valence-corrected chi connectivity index (χ3v) is 4.39. The van der Waals surface area contributed by atoms with Gasteiger partial charge in [0.15, 0.2) is 0 Å². The van der Waals surface area contributed by atoms with E-state index < -0.39 is 17.6 Å². The monoisotopic (exact) mass is 389 g/mol. The van der Waals surface area contributed by atoms with Crippen molar-refractivity contribution in [3.05, 3.63) is 76.5 Å². The maximum absolute atomic E-state index is 12.8. The number of carbonyl (C=O) groups excluding carboxylic acids is 1. The predicted octanol–water partition coefficient (Wildman–Crippen LogP) is 6.11. The van der Waals surface area contributed by atoms with Gasteiger partial charge in [-0.2, -0.15) is 13.2 Å². The Hall–Kier alpha value is -2.99. The molecule has 0 aliphatic carbocycles. The highest BCUT2D eigenvalue weighted by molar-refractivity contribution is 6.34. The molecular formula is C20H11ClF3NO2. The van der Waals surface area contributed by atoms with Crippen molar-refractivity contribution in [2.24, 2.45) is 0 Å². The van der Waals surface area contributed by atoms with E-state index in [1.54, 1.807) is 30.3 Å². The van der Waals surface area contributed by atoms with Crippen LogP contribution in [0.15, 0.2) is 59.0 Å². The molecule has 0 saturated heterocycles. The average Bonchev–Trinajstić information content (AvgIpc) is 3.19. The van der Waals surface area contributed by atoms with Gasteiger partial charge in [-0.15, -0.1) is 0 Å². The third kappa shape index (κ3) is 3.36. The number of rotatable bonds is 2. The quantitative estimate of drug-likeness (QED) is 0.537. The van der Waals surface area contributed by atoms with Crippen LogP contribution in [0.2, 0.25) is 5.02 Å². The van der Waals surface area contributed by atoms with Crippen molar-refractivity contribution in [3.63, 3.8) is 0 Å². The summed E-state index contributed by atoms with van der Waals surface area (Å²) < 4.78 is 44.2. The second-order valence-corrected chi connectivity index (χ2v) is 6.42. The van der Waals surface area contributed by atoms with E-state index >= 15 is 0 Å². The van der Waals surface area contributed by atoms with E-state index in [0.717, 1.165) is 17.7 Å². The molecule has 136 valence electrons. The predicted molar refractivity (Wildman–Crippen MR) is 97.1 cm³/mol. The molecule has 0 saturated carbocycles. The van der Waals surface area contributed by atoms with Crippen LogP contribution in [0.1, 0.15) is 16.9 Å². The Kier molecular flexibility index (Phi) is 4.08. The topological polar surface area (TPSA) is 42.2 Å². The van der Waals surface area contributed by atoms with Crippen LogP contribution in [-0.4, -0.2) is 5.91 Å². The highest BCUT2D eigenvalue weighted by Gasteiger charge is 2.33. The molecule has 0 atom stereocenters. The van der Waals surface area contributed by atoms with Gasteiger partial charge in [-0.1, -0.05) is 29.8 Å². The van der Waals surface area contributed by atoms with E-state index in [1.165, 1.54) is 12.1 Å². The van der Waals surface area contributed by atoms with Crippen molar-refractivity contribution < 1.29 is 22.4 Å². The molecule has 1 aliphatic rings. The summed E-state index contributed by atoms with van der Waals surface area (Å²) in [4.78, 5) is 12.2. The minimum atomic E-state index is -4.47. The van der Waals surface area contributed by atoms with E-state index in [4.69, 9.17) is 16.0 Å². The smallest absolute Gasteiger partial charge is 0.416 e. The number of nitrogens with one attached hydrogen (secondary N) is 1. The van der Waals surface area contributed by atoms with E-state index in [9.17, 15) is 18.0 Å². The number of halogens is 4. The third-order valence-electron chi connectivity index (χ3n) is 4.15. The van der Waals surface area contributed by atoms with Crippen LogP contribution in [0.25, 0.3) is 23.0 Å². The second-order valence-electron chi connectivity index (χ2n) is 5.98. The number of benzene rings is 2. The molecule has 1 amide bonds. The molecule has 2 aromatic carbocycles. The van der Waals surface area contributed by atoms with Gasteiger partial charge in [-0.3, -0.25) is 4.79 Å². The van der Waals surface area contributed by atoms with Crippen molar-refractivity contribution in [2.45, 2.75) is 6.18 Å². The first-order valence-corrected chi connectivity index (χ1v) is 8.29. The van der Waals surface area contributed by atoms with Crippen LogP contribution in [0, 0.1) is 0 Å². The van der Waals surface area contributed by atoms with Crippen LogP contribution < -0.4 is 5.32 Å². The maximum atomic E-state index is 12.8. The molecular weight excluding hydrogens is 379 g/mol. The van der Waals surface area contributed by atoms with Crippen LogP contribution in [0.4, 0.5) is 18.9 Å². The van der Waals surface area contributed by atoms with E-state index in [1.807, 2.05) is 6.07 Å². The first kappa shape index (κ1) is 17.4. The molecule has 1 aliphatic heterocycles. The number of hydrogen-bond donors (Lipinski definition) is 1. The van der Waals surface area contributed by atoms with Gasteiger partial charge >= 0.3 is 6.18 Å². The first-order chi connectivity index (χ1) is 12.8. The number of carbonyl (C=O) groups is 1. The minimum Gasteiger partial charge on any atom is -0.457 e. The van der Waals surface area contributed by atoms with Crippen LogP contribution in [-0.2, 0) is 11.0 Å². The van der Waals surface area contributed by atoms with Gasteiger partial charge in [0.1, 0.15) is 11.5 Å². The molecule has 4 rings (SSSR count). The Morgan fingerprint density at radius 3 is 2.59 bits per heavy atom. The maximum Gasteiger partial charge on any atom is 0.416 e. The number of hydrogen-bond acceptors (Lipinski definition) is 2. The summed E-state index contributed by atoms with van der Waals surface area (Å²) in [6.07, 6.45) is -2.97. The average molecular weight is 390 g/mol. The fourth-order valence-electron chi connectivity index (χ4n) is 2.88. The zero-order valence-corrected chi connectivity index (χ0v) is 14.4. The molecule has 2 heterocycles. The molecule has 27 heavy (non-hydrogen) atoms. The summed E-state index contributed by atoms with van der Waals surface area (Å²) >= 11 is 5.97. The molecule has 0 fully saturated rings. The molecule has 1 N–H and O–H groups in total. The normalized spacial score (nSPS) is 15.1.